The summed E-state index contributed by atoms with van der Waals surface area (Å²) in [5.74, 6) is 0.181. The van der Waals surface area contributed by atoms with Crippen LogP contribution >= 0.6 is 11.3 Å². The van der Waals surface area contributed by atoms with E-state index < -0.39 is 10.5 Å². The molecule has 2 heterocycles. The lowest BCUT2D eigenvalue weighted by Crippen LogP contribution is -2.57. The van der Waals surface area contributed by atoms with E-state index in [1.807, 2.05) is 13.1 Å². The van der Waals surface area contributed by atoms with E-state index in [9.17, 15) is 14.9 Å². The second-order valence-corrected chi connectivity index (χ2v) is 10.7. The fourth-order valence-electron chi connectivity index (χ4n) is 4.54. The Balaban J connectivity index is 1.69. The van der Waals surface area contributed by atoms with Gasteiger partial charge in [0.15, 0.2) is 0 Å². The number of hydrogen-bond donors (Lipinski definition) is 0. The number of aromatic nitrogens is 1. The highest BCUT2D eigenvalue weighted by Gasteiger charge is 2.44. The minimum Gasteiger partial charge on any atom is -0.468 e. The maximum Gasteiger partial charge on any atom is 0.326 e. The number of ether oxygens (including phenoxy) is 1. The van der Waals surface area contributed by atoms with E-state index in [1.54, 1.807) is 23.5 Å². The number of thiazole rings is 1. The molecule has 168 valence electrons. The normalized spacial score (nSPS) is 17.8. The summed E-state index contributed by atoms with van der Waals surface area (Å²) < 4.78 is 5.17. The highest BCUT2D eigenvalue weighted by molar-refractivity contribution is 7.15. The summed E-state index contributed by atoms with van der Waals surface area (Å²) in [5, 5.41) is 11.9. The molecule has 0 radical (unpaired) electrons. The SMILES string of the molecule is COC(=O)C(C)(CC(C)(C)C)N1CCC(c2ncc(-c3ccc([N+](=O)[O-])cc3)s2)CC1. The van der Waals surface area contributed by atoms with Crippen LogP contribution in [0.15, 0.2) is 30.5 Å². The van der Waals surface area contributed by atoms with E-state index in [0.29, 0.717) is 5.92 Å². The number of non-ortho nitro benzene ring substituents is 1. The lowest BCUT2D eigenvalue weighted by atomic mass is 9.78. The van der Waals surface area contributed by atoms with E-state index in [-0.39, 0.29) is 17.1 Å². The monoisotopic (exact) mass is 445 g/mol. The number of rotatable bonds is 6. The molecule has 0 amide bonds. The minimum atomic E-state index is -0.634. The Kier molecular flexibility index (Phi) is 6.81. The van der Waals surface area contributed by atoms with Crippen LogP contribution < -0.4 is 0 Å². The lowest BCUT2D eigenvalue weighted by molar-refractivity contribution is -0.384. The van der Waals surface area contributed by atoms with Crippen molar-refractivity contribution in [1.82, 2.24) is 9.88 Å². The standard InChI is InChI=1S/C23H31N3O4S/c1-22(2,3)15-23(4,21(27)30-5)25-12-10-17(11-13-25)20-24-14-19(31-20)16-6-8-18(9-7-16)26(28)29/h6-9,14,17H,10-13,15H2,1-5H3. The number of esters is 1. The number of carbonyl (C=O) groups excluding carboxylic acids is 1. The van der Waals surface area contributed by atoms with Crippen LogP contribution in [-0.2, 0) is 9.53 Å². The number of benzene rings is 1. The van der Waals surface area contributed by atoms with Gasteiger partial charge < -0.3 is 4.74 Å². The molecule has 31 heavy (non-hydrogen) atoms. The highest BCUT2D eigenvalue weighted by Crippen LogP contribution is 2.39. The molecule has 2 aromatic rings. The molecule has 1 aromatic carbocycles. The maximum atomic E-state index is 12.7. The number of nitro groups is 1. The van der Waals surface area contributed by atoms with Gasteiger partial charge in [-0.2, -0.15) is 0 Å². The van der Waals surface area contributed by atoms with Gasteiger partial charge in [0.25, 0.3) is 5.69 Å². The predicted molar refractivity (Wildman–Crippen MR) is 122 cm³/mol. The van der Waals surface area contributed by atoms with Gasteiger partial charge in [0.1, 0.15) is 5.54 Å². The van der Waals surface area contributed by atoms with E-state index in [1.165, 1.54) is 19.2 Å². The molecule has 1 aliphatic rings. The molecular weight excluding hydrogens is 414 g/mol. The fraction of sp³-hybridized carbons (Fsp3) is 0.565. The molecular formula is C23H31N3O4S. The van der Waals surface area contributed by atoms with Gasteiger partial charge >= 0.3 is 5.97 Å². The van der Waals surface area contributed by atoms with E-state index in [2.05, 4.69) is 30.7 Å². The first-order valence-electron chi connectivity index (χ1n) is 10.6. The summed E-state index contributed by atoms with van der Waals surface area (Å²) in [6.07, 6.45) is 4.46. The zero-order chi connectivity index (χ0) is 22.8. The van der Waals surface area contributed by atoms with Crippen LogP contribution in [0.25, 0.3) is 10.4 Å². The molecule has 1 saturated heterocycles. The molecule has 0 saturated carbocycles. The van der Waals surface area contributed by atoms with Gasteiger partial charge in [-0.3, -0.25) is 19.8 Å². The summed E-state index contributed by atoms with van der Waals surface area (Å²) >= 11 is 1.65. The molecule has 8 heteroatoms. The number of nitro benzene ring substituents is 1. The van der Waals surface area contributed by atoms with Crippen molar-refractivity contribution >= 4 is 23.0 Å². The molecule has 1 atom stereocenters. The number of likely N-dealkylation sites (tertiary alicyclic amines) is 1. The quantitative estimate of drug-likeness (QED) is 0.342. The molecule has 1 fully saturated rings. The smallest absolute Gasteiger partial charge is 0.326 e. The van der Waals surface area contributed by atoms with Crippen molar-refractivity contribution < 1.29 is 14.5 Å². The van der Waals surface area contributed by atoms with Crippen molar-refractivity contribution in [3.63, 3.8) is 0 Å². The van der Waals surface area contributed by atoms with Gasteiger partial charge in [-0.25, -0.2) is 4.98 Å². The first-order chi connectivity index (χ1) is 14.5. The first kappa shape index (κ1) is 23.3. The van der Waals surface area contributed by atoms with Crippen molar-refractivity contribution in [3.8, 4) is 10.4 Å². The number of piperidine rings is 1. The van der Waals surface area contributed by atoms with Crippen molar-refractivity contribution in [3.05, 3.63) is 45.6 Å². The maximum absolute atomic E-state index is 12.7. The Morgan fingerprint density at radius 2 is 1.84 bits per heavy atom. The Bertz CT molecular complexity index is 927. The van der Waals surface area contributed by atoms with Crippen LogP contribution in [-0.4, -0.2) is 46.5 Å². The third-order valence-electron chi connectivity index (χ3n) is 5.93. The average Bonchev–Trinajstić information content (AvgIpc) is 3.22. The van der Waals surface area contributed by atoms with Gasteiger partial charge in [-0.15, -0.1) is 11.3 Å². The third kappa shape index (κ3) is 5.30. The van der Waals surface area contributed by atoms with Gasteiger partial charge in [0, 0.05) is 24.2 Å². The minimum absolute atomic E-state index is 0.00868. The van der Waals surface area contributed by atoms with Gasteiger partial charge in [-0.1, -0.05) is 20.8 Å². The van der Waals surface area contributed by atoms with Crippen molar-refractivity contribution in [1.29, 1.82) is 0 Å². The average molecular weight is 446 g/mol. The number of methoxy groups -OCH3 is 1. The van der Waals surface area contributed by atoms with Crippen LogP contribution in [0, 0.1) is 15.5 Å². The zero-order valence-corrected chi connectivity index (χ0v) is 19.7. The van der Waals surface area contributed by atoms with E-state index in [4.69, 9.17) is 4.74 Å². The van der Waals surface area contributed by atoms with Gasteiger partial charge in [0.05, 0.1) is 21.9 Å². The van der Waals surface area contributed by atoms with Crippen molar-refractivity contribution in [2.24, 2.45) is 5.41 Å². The van der Waals surface area contributed by atoms with Crippen LogP contribution in [0.5, 0.6) is 0 Å². The second-order valence-electron chi connectivity index (χ2n) is 9.63. The Morgan fingerprint density at radius 3 is 2.35 bits per heavy atom. The van der Waals surface area contributed by atoms with Crippen molar-refractivity contribution in [2.75, 3.05) is 20.2 Å². The van der Waals surface area contributed by atoms with Gasteiger partial charge in [-0.05, 0) is 62.4 Å². The van der Waals surface area contributed by atoms with Crippen LogP contribution in [0.4, 0.5) is 5.69 Å². The molecule has 1 aliphatic heterocycles. The van der Waals surface area contributed by atoms with E-state index >= 15 is 0 Å². The third-order valence-corrected chi connectivity index (χ3v) is 7.14. The predicted octanol–water partition coefficient (Wildman–Crippen LogP) is 5.27. The first-order valence-corrected chi connectivity index (χ1v) is 11.4. The molecule has 0 spiro atoms. The Labute approximate surface area is 187 Å². The Hall–Kier alpha value is -2.32. The molecule has 1 aromatic heterocycles. The van der Waals surface area contributed by atoms with Crippen molar-refractivity contribution in [2.45, 2.75) is 58.4 Å². The number of carbonyl (C=O) groups is 1. The van der Waals surface area contributed by atoms with E-state index in [0.717, 1.165) is 47.8 Å². The summed E-state index contributed by atoms with van der Waals surface area (Å²) in [6, 6.07) is 6.59. The summed E-state index contributed by atoms with van der Waals surface area (Å²) in [5.41, 5.74) is 0.402. The topological polar surface area (TPSA) is 85.6 Å². The molecule has 0 N–H and O–H groups in total. The van der Waals surface area contributed by atoms with Crippen LogP contribution in [0.3, 0.4) is 0 Å². The largest absolute Gasteiger partial charge is 0.468 e. The fourth-order valence-corrected chi connectivity index (χ4v) is 5.64. The number of hydrogen-bond acceptors (Lipinski definition) is 7. The summed E-state index contributed by atoms with van der Waals surface area (Å²) in [6.45, 7) is 10.1. The summed E-state index contributed by atoms with van der Waals surface area (Å²) in [7, 11) is 1.46. The van der Waals surface area contributed by atoms with Gasteiger partial charge in [0.2, 0.25) is 0 Å². The molecule has 1 unspecified atom stereocenters. The summed E-state index contributed by atoms with van der Waals surface area (Å²) in [4.78, 5) is 31.1. The molecule has 0 bridgehead atoms. The second kappa shape index (κ2) is 9.04. The molecule has 7 nitrogen and oxygen atoms in total. The molecule has 3 rings (SSSR count). The van der Waals surface area contributed by atoms with Crippen LogP contribution in [0.2, 0.25) is 0 Å². The Morgan fingerprint density at radius 1 is 1.23 bits per heavy atom. The lowest BCUT2D eigenvalue weighted by Gasteiger charge is -2.45. The van der Waals surface area contributed by atoms with Crippen LogP contribution in [0.1, 0.15) is 57.9 Å². The zero-order valence-electron chi connectivity index (χ0n) is 18.9. The number of nitrogens with zero attached hydrogens (tertiary/aromatic N) is 3. The highest BCUT2D eigenvalue weighted by atomic mass is 32.1. The molecule has 0 aliphatic carbocycles.